The highest BCUT2D eigenvalue weighted by Gasteiger charge is 2.44. The molecule has 0 saturated heterocycles. The molecule has 0 unspecified atom stereocenters. The van der Waals surface area contributed by atoms with E-state index < -0.39 is 5.60 Å². The molecule has 11 heavy (non-hydrogen) atoms. The van der Waals surface area contributed by atoms with Gasteiger partial charge in [0.15, 0.2) is 0 Å². The lowest BCUT2D eigenvalue weighted by Crippen LogP contribution is -2.02. The summed E-state index contributed by atoms with van der Waals surface area (Å²) in [4.78, 5) is 5.35. The van der Waals surface area contributed by atoms with Crippen LogP contribution in [0.4, 0.5) is 0 Å². The third-order valence-electron chi connectivity index (χ3n) is 2.05. The molecule has 0 amide bonds. The second-order valence-electron chi connectivity index (χ2n) is 3.18. The Morgan fingerprint density at radius 1 is 1.45 bits per heavy atom. The lowest BCUT2D eigenvalue weighted by molar-refractivity contribution is 0.154. The molecule has 2 rings (SSSR count). The van der Waals surface area contributed by atoms with Crippen molar-refractivity contribution >= 4 is 11.3 Å². The maximum Gasteiger partial charge on any atom is 0.101 e. The summed E-state index contributed by atoms with van der Waals surface area (Å²) in [5, 5.41) is 10.8. The number of rotatable bonds is 1. The Morgan fingerprint density at radius 2 is 2.09 bits per heavy atom. The van der Waals surface area contributed by atoms with Crippen molar-refractivity contribution in [1.29, 1.82) is 0 Å². The maximum absolute atomic E-state index is 9.76. The number of hydrogen-bond acceptors (Lipinski definition) is 3. The van der Waals surface area contributed by atoms with Gasteiger partial charge in [-0.15, -0.1) is 11.3 Å². The van der Waals surface area contributed by atoms with Crippen LogP contribution in [0.15, 0.2) is 0 Å². The number of aryl methyl sites for hydroxylation is 2. The van der Waals surface area contributed by atoms with E-state index >= 15 is 0 Å². The molecule has 1 heterocycles. The molecule has 1 fully saturated rings. The molecule has 1 aromatic heterocycles. The highest BCUT2D eigenvalue weighted by atomic mass is 32.1. The average Bonchev–Trinajstić information content (AvgIpc) is 2.55. The largest absolute Gasteiger partial charge is 0.384 e. The van der Waals surface area contributed by atoms with Gasteiger partial charge in [0.2, 0.25) is 0 Å². The van der Waals surface area contributed by atoms with Gasteiger partial charge in [0.1, 0.15) is 5.60 Å². The fourth-order valence-electron chi connectivity index (χ4n) is 1.31. The van der Waals surface area contributed by atoms with Crippen molar-refractivity contribution in [2.45, 2.75) is 32.3 Å². The van der Waals surface area contributed by atoms with Crippen LogP contribution < -0.4 is 0 Å². The zero-order chi connectivity index (χ0) is 8.06. The molecule has 1 saturated carbocycles. The Morgan fingerprint density at radius 3 is 2.45 bits per heavy atom. The van der Waals surface area contributed by atoms with Crippen LogP contribution in [0.5, 0.6) is 0 Å². The average molecular weight is 169 g/mol. The SMILES string of the molecule is Cc1nc(C)c(C2(O)CC2)s1. The van der Waals surface area contributed by atoms with Gasteiger partial charge in [-0.25, -0.2) is 4.98 Å². The molecule has 1 aromatic rings. The van der Waals surface area contributed by atoms with Crippen molar-refractivity contribution in [2.24, 2.45) is 0 Å². The Labute approximate surface area is 69.9 Å². The molecule has 1 aliphatic carbocycles. The minimum Gasteiger partial charge on any atom is -0.384 e. The monoisotopic (exact) mass is 169 g/mol. The van der Waals surface area contributed by atoms with Gasteiger partial charge in [0, 0.05) is 0 Å². The smallest absolute Gasteiger partial charge is 0.101 e. The zero-order valence-electron chi connectivity index (χ0n) is 6.72. The van der Waals surface area contributed by atoms with E-state index in [0.717, 1.165) is 28.4 Å². The molecule has 3 heteroatoms. The summed E-state index contributed by atoms with van der Waals surface area (Å²) in [5.74, 6) is 0. The number of nitrogens with zero attached hydrogens (tertiary/aromatic N) is 1. The van der Waals surface area contributed by atoms with E-state index in [1.54, 1.807) is 11.3 Å². The molecule has 2 nitrogen and oxygen atoms in total. The van der Waals surface area contributed by atoms with E-state index in [1.165, 1.54) is 0 Å². The van der Waals surface area contributed by atoms with Crippen molar-refractivity contribution in [3.05, 3.63) is 15.6 Å². The van der Waals surface area contributed by atoms with Crippen LogP contribution in [0.25, 0.3) is 0 Å². The van der Waals surface area contributed by atoms with Gasteiger partial charge in [-0.3, -0.25) is 0 Å². The van der Waals surface area contributed by atoms with Gasteiger partial charge in [-0.1, -0.05) is 0 Å². The number of aromatic nitrogens is 1. The first-order valence-corrected chi connectivity index (χ1v) is 4.60. The highest BCUT2D eigenvalue weighted by Crippen LogP contribution is 2.48. The predicted octanol–water partition coefficient (Wildman–Crippen LogP) is 1.74. The minimum absolute atomic E-state index is 0.490. The Kier molecular flexibility index (Phi) is 1.35. The lowest BCUT2D eigenvalue weighted by Gasteiger charge is -2.02. The molecule has 1 aliphatic rings. The van der Waals surface area contributed by atoms with Gasteiger partial charge in [0.25, 0.3) is 0 Å². The van der Waals surface area contributed by atoms with Crippen molar-refractivity contribution in [1.82, 2.24) is 4.98 Å². The normalized spacial score (nSPS) is 20.3. The summed E-state index contributed by atoms with van der Waals surface area (Å²) in [6, 6.07) is 0. The van der Waals surface area contributed by atoms with Gasteiger partial charge < -0.3 is 5.11 Å². The summed E-state index contributed by atoms with van der Waals surface area (Å²) >= 11 is 1.62. The first-order chi connectivity index (χ1) is 5.12. The molecular formula is C8H11NOS. The predicted molar refractivity (Wildman–Crippen MR) is 44.7 cm³/mol. The summed E-state index contributed by atoms with van der Waals surface area (Å²) in [6.45, 7) is 3.95. The molecule has 0 radical (unpaired) electrons. The van der Waals surface area contributed by atoms with E-state index in [2.05, 4.69) is 4.98 Å². The Balaban J connectivity index is 2.44. The number of aliphatic hydroxyl groups is 1. The van der Waals surface area contributed by atoms with Crippen molar-refractivity contribution < 1.29 is 5.11 Å². The van der Waals surface area contributed by atoms with Crippen LogP contribution in [0.3, 0.4) is 0 Å². The summed E-state index contributed by atoms with van der Waals surface area (Å²) in [5.41, 5.74) is 0.517. The number of hydrogen-bond donors (Lipinski definition) is 1. The number of thiazole rings is 1. The first-order valence-electron chi connectivity index (χ1n) is 3.79. The Hall–Kier alpha value is -0.410. The van der Waals surface area contributed by atoms with Crippen molar-refractivity contribution in [2.75, 3.05) is 0 Å². The molecular weight excluding hydrogens is 158 g/mol. The van der Waals surface area contributed by atoms with E-state index in [1.807, 2.05) is 13.8 Å². The summed E-state index contributed by atoms with van der Waals surface area (Å²) in [6.07, 6.45) is 1.82. The first kappa shape index (κ1) is 7.25. The second-order valence-corrected chi connectivity index (χ2v) is 4.38. The topological polar surface area (TPSA) is 33.1 Å². The molecule has 0 aliphatic heterocycles. The van der Waals surface area contributed by atoms with Crippen LogP contribution >= 0.6 is 11.3 Å². The van der Waals surface area contributed by atoms with Gasteiger partial charge in [0.05, 0.1) is 15.6 Å². The maximum atomic E-state index is 9.76. The molecule has 1 N–H and O–H groups in total. The van der Waals surface area contributed by atoms with Crippen LogP contribution in [0.2, 0.25) is 0 Å². The molecule has 0 aromatic carbocycles. The second kappa shape index (κ2) is 2.05. The van der Waals surface area contributed by atoms with E-state index in [4.69, 9.17) is 0 Å². The molecule has 60 valence electrons. The van der Waals surface area contributed by atoms with Crippen LogP contribution in [0, 0.1) is 13.8 Å². The zero-order valence-corrected chi connectivity index (χ0v) is 7.53. The third-order valence-corrected chi connectivity index (χ3v) is 3.32. The summed E-state index contributed by atoms with van der Waals surface area (Å²) < 4.78 is 0. The summed E-state index contributed by atoms with van der Waals surface area (Å²) in [7, 11) is 0. The fraction of sp³-hybridized carbons (Fsp3) is 0.625. The highest BCUT2D eigenvalue weighted by molar-refractivity contribution is 7.11. The minimum atomic E-state index is -0.490. The van der Waals surface area contributed by atoms with Crippen molar-refractivity contribution in [3.63, 3.8) is 0 Å². The fourth-order valence-corrected chi connectivity index (χ4v) is 2.37. The van der Waals surface area contributed by atoms with Gasteiger partial charge >= 0.3 is 0 Å². The Bertz CT molecular complexity index is 288. The lowest BCUT2D eigenvalue weighted by atomic mass is 10.2. The standard InChI is InChI=1S/C8H11NOS/c1-5-7(8(10)3-4-8)11-6(2)9-5/h10H,3-4H2,1-2H3. The van der Waals surface area contributed by atoms with Crippen LogP contribution in [0.1, 0.15) is 28.4 Å². The molecule has 0 spiro atoms. The van der Waals surface area contributed by atoms with Gasteiger partial charge in [-0.05, 0) is 26.7 Å². The quantitative estimate of drug-likeness (QED) is 0.694. The van der Waals surface area contributed by atoms with E-state index in [-0.39, 0.29) is 0 Å². The van der Waals surface area contributed by atoms with Crippen LogP contribution in [-0.4, -0.2) is 10.1 Å². The van der Waals surface area contributed by atoms with Gasteiger partial charge in [-0.2, -0.15) is 0 Å². The van der Waals surface area contributed by atoms with E-state index in [9.17, 15) is 5.11 Å². The van der Waals surface area contributed by atoms with Crippen LogP contribution in [-0.2, 0) is 5.60 Å². The molecule has 0 bridgehead atoms. The third kappa shape index (κ3) is 1.08. The molecule has 0 atom stereocenters. The van der Waals surface area contributed by atoms with Crippen molar-refractivity contribution in [3.8, 4) is 0 Å². The van der Waals surface area contributed by atoms with E-state index in [0.29, 0.717) is 0 Å².